The summed E-state index contributed by atoms with van der Waals surface area (Å²) in [6.45, 7) is 1.48. The maximum absolute atomic E-state index is 12.1. The molecule has 1 aromatic heterocycles. The second-order valence-corrected chi connectivity index (χ2v) is 3.55. The smallest absolute Gasteiger partial charge is 0.471 e. The van der Waals surface area contributed by atoms with Crippen molar-refractivity contribution >= 4 is 11.9 Å². The monoisotopic (exact) mass is 265 g/mol. The molecule has 0 saturated carbocycles. The van der Waals surface area contributed by atoms with E-state index in [-0.39, 0.29) is 5.56 Å². The molecule has 0 aromatic carbocycles. The first-order chi connectivity index (χ1) is 8.14. The summed E-state index contributed by atoms with van der Waals surface area (Å²) >= 11 is 0. The lowest BCUT2D eigenvalue weighted by molar-refractivity contribution is -0.175. The van der Waals surface area contributed by atoms with E-state index in [1.165, 1.54) is 24.0 Å². The van der Waals surface area contributed by atoms with Gasteiger partial charge in [-0.2, -0.15) is 18.3 Å². The number of alkyl halides is 3. The summed E-state index contributed by atoms with van der Waals surface area (Å²) < 4.78 is 37.5. The Labute approximate surface area is 99.4 Å². The number of amides is 1. The fraction of sp³-hybridized carbons (Fsp3) is 0.444. The SMILES string of the molecule is Cc1c(C(NC(=O)C(F)(F)F)C(=O)O)cnn1C. The molecule has 1 atom stereocenters. The first kappa shape index (κ1) is 14.0. The van der Waals surface area contributed by atoms with Crippen molar-refractivity contribution in [3.63, 3.8) is 0 Å². The highest BCUT2D eigenvalue weighted by Crippen LogP contribution is 2.21. The molecule has 2 N–H and O–H groups in total. The van der Waals surface area contributed by atoms with Crippen molar-refractivity contribution in [1.82, 2.24) is 15.1 Å². The highest BCUT2D eigenvalue weighted by Gasteiger charge is 2.41. The summed E-state index contributed by atoms with van der Waals surface area (Å²) in [6.07, 6.45) is -4.03. The molecule has 9 heteroatoms. The number of halogens is 3. The molecule has 0 spiro atoms. The number of aliphatic carboxylic acids is 1. The Balaban J connectivity index is 3.02. The van der Waals surface area contributed by atoms with Crippen LogP contribution in [0.15, 0.2) is 6.20 Å². The standard InChI is InChI=1S/C9H10F3N3O3/c1-4-5(3-13-15(4)2)6(7(16)17)14-8(18)9(10,11)12/h3,6H,1-2H3,(H,14,18)(H,16,17). The van der Waals surface area contributed by atoms with Gasteiger partial charge in [-0.15, -0.1) is 0 Å². The van der Waals surface area contributed by atoms with Gasteiger partial charge in [0.05, 0.1) is 6.20 Å². The largest absolute Gasteiger partial charge is 0.479 e. The zero-order valence-electron chi connectivity index (χ0n) is 9.45. The molecule has 100 valence electrons. The first-order valence-corrected chi connectivity index (χ1v) is 4.73. The van der Waals surface area contributed by atoms with Crippen molar-refractivity contribution in [2.45, 2.75) is 19.1 Å². The van der Waals surface area contributed by atoms with Crippen molar-refractivity contribution in [1.29, 1.82) is 0 Å². The molecular weight excluding hydrogens is 255 g/mol. The van der Waals surface area contributed by atoms with E-state index in [0.717, 1.165) is 6.20 Å². The summed E-state index contributed by atoms with van der Waals surface area (Å²) in [7, 11) is 1.50. The van der Waals surface area contributed by atoms with Crippen LogP contribution >= 0.6 is 0 Å². The highest BCUT2D eigenvalue weighted by molar-refractivity contribution is 5.87. The number of hydrogen-bond donors (Lipinski definition) is 2. The number of carboxylic acids is 1. The number of aromatic nitrogens is 2. The van der Waals surface area contributed by atoms with Crippen LogP contribution in [0.3, 0.4) is 0 Å². The van der Waals surface area contributed by atoms with Crippen LogP contribution in [0.1, 0.15) is 17.3 Å². The summed E-state index contributed by atoms with van der Waals surface area (Å²) in [5.41, 5.74) is 0.354. The van der Waals surface area contributed by atoms with Gasteiger partial charge in [-0.1, -0.05) is 0 Å². The summed E-state index contributed by atoms with van der Waals surface area (Å²) in [6, 6.07) is -1.78. The number of carbonyl (C=O) groups is 2. The summed E-state index contributed by atoms with van der Waals surface area (Å²) in [5, 5.41) is 14.0. The molecule has 0 fully saturated rings. The van der Waals surface area contributed by atoms with Crippen LogP contribution in [0.2, 0.25) is 0 Å². The molecule has 1 rings (SSSR count). The van der Waals surface area contributed by atoms with Crippen LogP contribution in [-0.4, -0.2) is 32.9 Å². The normalized spacial score (nSPS) is 13.2. The zero-order chi connectivity index (χ0) is 14.1. The summed E-state index contributed by atoms with van der Waals surface area (Å²) in [5.74, 6) is -3.90. The van der Waals surface area contributed by atoms with Gasteiger partial charge in [0.15, 0.2) is 6.04 Å². The molecule has 0 aliphatic carbocycles. The van der Waals surface area contributed by atoms with Crippen molar-refractivity contribution < 1.29 is 27.9 Å². The van der Waals surface area contributed by atoms with Gasteiger partial charge in [0, 0.05) is 18.3 Å². The third-order valence-electron chi connectivity index (χ3n) is 2.36. The molecule has 0 aliphatic rings. The van der Waals surface area contributed by atoms with Gasteiger partial charge in [-0.3, -0.25) is 9.48 Å². The Bertz CT molecular complexity index is 481. The molecular formula is C9H10F3N3O3. The van der Waals surface area contributed by atoms with Gasteiger partial charge in [0.2, 0.25) is 0 Å². The van der Waals surface area contributed by atoms with Crippen molar-refractivity contribution in [3.05, 3.63) is 17.5 Å². The van der Waals surface area contributed by atoms with Crippen LogP contribution in [0.25, 0.3) is 0 Å². The van der Waals surface area contributed by atoms with E-state index in [1.807, 2.05) is 0 Å². The lowest BCUT2D eigenvalue weighted by Gasteiger charge is -2.15. The van der Waals surface area contributed by atoms with E-state index in [1.54, 1.807) is 0 Å². The van der Waals surface area contributed by atoms with E-state index < -0.39 is 24.1 Å². The molecule has 1 unspecified atom stereocenters. The van der Waals surface area contributed by atoms with E-state index in [4.69, 9.17) is 5.11 Å². The van der Waals surface area contributed by atoms with E-state index in [9.17, 15) is 22.8 Å². The molecule has 0 aliphatic heterocycles. The molecule has 6 nitrogen and oxygen atoms in total. The Morgan fingerprint density at radius 1 is 1.50 bits per heavy atom. The van der Waals surface area contributed by atoms with Crippen LogP contribution in [-0.2, 0) is 16.6 Å². The van der Waals surface area contributed by atoms with Crippen LogP contribution < -0.4 is 5.32 Å². The van der Waals surface area contributed by atoms with E-state index in [0.29, 0.717) is 5.69 Å². The lowest BCUT2D eigenvalue weighted by Crippen LogP contribution is -2.42. The topological polar surface area (TPSA) is 84.2 Å². The predicted molar refractivity (Wildman–Crippen MR) is 52.5 cm³/mol. The Kier molecular flexibility index (Phi) is 3.63. The molecule has 18 heavy (non-hydrogen) atoms. The number of rotatable bonds is 3. The van der Waals surface area contributed by atoms with Crippen molar-refractivity contribution in [3.8, 4) is 0 Å². The van der Waals surface area contributed by atoms with Gasteiger partial charge >= 0.3 is 18.1 Å². The van der Waals surface area contributed by atoms with Crippen LogP contribution in [0, 0.1) is 6.92 Å². The minimum absolute atomic E-state index is 0.00241. The van der Waals surface area contributed by atoms with Crippen molar-refractivity contribution in [2.75, 3.05) is 0 Å². The number of nitrogens with one attached hydrogen (secondary N) is 1. The third-order valence-corrected chi connectivity index (χ3v) is 2.36. The van der Waals surface area contributed by atoms with Crippen molar-refractivity contribution in [2.24, 2.45) is 7.05 Å². The maximum Gasteiger partial charge on any atom is 0.471 e. The van der Waals surface area contributed by atoms with Crippen LogP contribution in [0.5, 0.6) is 0 Å². The molecule has 1 amide bonds. The average molecular weight is 265 g/mol. The third kappa shape index (κ3) is 2.79. The minimum Gasteiger partial charge on any atom is -0.479 e. The second-order valence-electron chi connectivity index (χ2n) is 3.55. The minimum atomic E-state index is -5.14. The predicted octanol–water partition coefficient (Wildman–Crippen LogP) is 0.533. The number of carboxylic acid groups (broad SMARTS) is 1. The zero-order valence-corrected chi connectivity index (χ0v) is 9.45. The van der Waals surface area contributed by atoms with Crippen LogP contribution in [0.4, 0.5) is 13.2 Å². The Hall–Kier alpha value is -2.06. The van der Waals surface area contributed by atoms with Gasteiger partial charge in [0.25, 0.3) is 0 Å². The average Bonchev–Trinajstić information content (AvgIpc) is 2.54. The molecule has 0 radical (unpaired) electrons. The van der Waals surface area contributed by atoms with Gasteiger partial charge in [0.1, 0.15) is 0 Å². The summed E-state index contributed by atoms with van der Waals surface area (Å²) in [4.78, 5) is 21.6. The molecule has 0 bridgehead atoms. The molecule has 1 aromatic rings. The lowest BCUT2D eigenvalue weighted by atomic mass is 10.1. The number of aryl methyl sites for hydroxylation is 1. The Morgan fingerprint density at radius 2 is 2.06 bits per heavy atom. The molecule has 0 saturated heterocycles. The molecule has 1 heterocycles. The fourth-order valence-electron chi connectivity index (χ4n) is 1.28. The van der Waals surface area contributed by atoms with Gasteiger partial charge in [-0.05, 0) is 6.92 Å². The van der Waals surface area contributed by atoms with Gasteiger partial charge in [-0.25, -0.2) is 4.79 Å². The maximum atomic E-state index is 12.1. The quantitative estimate of drug-likeness (QED) is 0.835. The number of hydrogen-bond acceptors (Lipinski definition) is 3. The van der Waals surface area contributed by atoms with E-state index in [2.05, 4.69) is 5.10 Å². The van der Waals surface area contributed by atoms with Gasteiger partial charge < -0.3 is 10.4 Å². The first-order valence-electron chi connectivity index (χ1n) is 4.73. The Morgan fingerprint density at radius 3 is 2.39 bits per heavy atom. The number of carbonyl (C=O) groups excluding carboxylic acids is 1. The number of nitrogens with zero attached hydrogens (tertiary/aromatic N) is 2. The fourth-order valence-corrected chi connectivity index (χ4v) is 1.28. The van der Waals surface area contributed by atoms with E-state index >= 15 is 0 Å². The second kappa shape index (κ2) is 4.67. The highest BCUT2D eigenvalue weighted by atomic mass is 19.4.